The third kappa shape index (κ3) is 9.25. The van der Waals surface area contributed by atoms with Crippen molar-refractivity contribution in [1.82, 2.24) is 9.55 Å². The first kappa shape index (κ1) is 38.8. The molecule has 0 saturated heterocycles. The fraction of sp³-hybridized carbons (Fsp3) is 0.105. The summed E-state index contributed by atoms with van der Waals surface area (Å²) in [7, 11) is 0. The summed E-state index contributed by atoms with van der Waals surface area (Å²) in [6.07, 6.45) is 33.3. The number of fused-ring (bicyclic) bond motifs is 2. The van der Waals surface area contributed by atoms with E-state index in [1.807, 2.05) is 18.2 Å². The van der Waals surface area contributed by atoms with Gasteiger partial charge in [0.1, 0.15) is 5.82 Å². The average molecular weight is 763 g/mol. The molecule has 8 rings (SSSR count). The van der Waals surface area contributed by atoms with Crippen LogP contribution in [0.3, 0.4) is 0 Å². The second kappa shape index (κ2) is 18.5. The molecule has 288 valence electrons. The molecule has 0 amide bonds. The van der Waals surface area contributed by atoms with Crippen LogP contribution < -0.4 is 10.4 Å². The molecule has 5 aromatic carbocycles. The Morgan fingerprint density at radius 1 is 0.729 bits per heavy atom. The van der Waals surface area contributed by atoms with Crippen molar-refractivity contribution in [2.75, 3.05) is 0 Å². The predicted octanol–water partition coefficient (Wildman–Crippen LogP) is 12.9. The Labute approximate surface area is 349 Å². The molecule has 0 aliphatic heterocycles. The Bertz CT molecular complexity index is 2830. The number of aromatic nitrogens is 2. The number of hydrogen-bond acceptors (Lipinski definition) is 1. The molecule has 2 nitrogen and oxygen atoms in total. The van der Waals surface area contributed by atoms with Crippen molar-refractivity contribution in [2.45, 2.75) is 32.1 Å². The highest BCUT2D eigenvalue weighted by Gasteiger charge is 2.18. The van der Waals surface area contributed by atoms with E-state index in [1.165, 1.54) is 27.1 Å². The molecule has 0 saturated carbocycles. The molecule has 6 aromatic rings. The number of aryl methyl sites for hydroxylation is 1. The van der Waals surface area contributed by atoms with Crippen LogP contribution in [0.5, 0.6) is 0 Å². The Hall–Kier alpha value is -7.03. The van der Waals surface area contributed by atoms with Crippen LogP contribution in [0.1, 0.15) is 53.9 Å². The molecule has 1 heterocycles. The summed E-state index contributed by atoms with van der Waals surface area (Å²) in [5.41, 5.74) is 11.2. The SMILES string of the molecule is C=CCCc1cn(-c2ccccc2)c(C2=CC(C/C=C/c3ccc4c(c3)=C(c3ccc5ccccc5c3)/C=C/CC/C=C/C=4C(=C)/C=C\c3ccccc3)C(=C)C=C2)n1. The normalized spacial score (nSPS) is 16.6. The molecular formula is C57H50N2. The van der Waals surface area contributed by atoms with Gasteiger partial charge in [0.2, 0.25) is 0 Å². The topological polar surface area (TPSA) is 17.8 Å². The second-order valence-electron chi connectivity index (χ2n) is 15.2. The minimum atomic E-state index is 0.146. The van der Waals surface area contributed by atoms with Crippen molar-refractivity contribution in [3.63, 3.8) is 0 Å². The van der Waals surface area contributed by atoms with E-state index < -0.39 is 0 Å². The summed E-state index contributed by atoms with van der Waals surface area (Å²) in [5.74, 6) is 1.10. The summed E-state index contributed by atoms with van der Waals surface area (Å²) in [6, 6.07) is 43.2. The van der Waals surface area contributed by atoms with E-state index in [-0.39, 0.29) is 5.92 Å². The van der Waals surface area contributed by atoms with Crippen LogP contribution in [0.15, 0.2) is 219 Å². The standard InChI is InChI=1S/C57H50N2/c1-4-5-25-51-41-59(52-26-12-9-13-27-52)57(58-51)50-34-31-42(2)47(39-50)24-18-21-45-33-37-55-53(43(3)30-32-44-19-10-8-11-20-44)28-14-6-7-15-29-54(56(55)38-45)49-36-35-46-22-16-17-23-48(46)40-49/h4,8-23,26-41,47H,1-3,5-7,24-25H2/b21-18+,28-14+,29-15+,32-30-,55-53?,56-54?. The van der Waals surface area contributed by atoms with Gasteiger partial charge in [0.25, 0.3) is 0 Å². The largest absolute Gasteiger partial charge is 0.300 e. The summed E-state index contributed by atoms with van der Waals surface area (Å²) in [5, 5.41) is 4.81. The lowest BCUT2D eigenvalue weighted by atomic mass is 9.89. The molecule has 0 radical (unpaired) electrons. The van der Waals surface area contributed by atoms with Crippen LogP contribution in [0.25, 0.3) is 45.3 Å². The van der Waals surface area contributed by atoms with Crippen molar-refractivity contribution in [3.8, 4) is 5.69 Å². The highest BCUT2D eigenvalue weighted by atomic mass is 15.1. The number of rotatable bonds is 12. The van der Waals surface area contributed by atoms with Gasteiger partial charge in [-0.05, 0) is 117 Å². The van der Waals surface area contributed by atoms with Gasteiger partial charge in [0, 0.05) is 23.4 Å². The van der Waals surface area contributed by atoms with E-state index in [2.05, 4.69) is 207 Å². The lowest BCUT2D eigenvalue weighted by Gasteiger charge is -2.18. The number of allylic oxidation sites excluding steroid dienone is 13. The minimum absolute atomic E-state index is 0.146. The lowest BCUT2D eigenvalue weighted by Crippen LogP contribution is -2.30. The van der Waals surface area contributed by atoms with Gasteiger partial charge in [-0.25, -0.2) is 4.98 Å². The fourth-order valence-electron chi connectivity index (χ4n) is 7.84. The zero-order valence-corrected chi connectivity index (χ0v) is 33.7. The molecule has 2 heteroatoms. The number of para-hydroxylation sites is 1. The molecular weight excluding hydrogens is 713 g/mol. The summed E-state index contributed by atoms with van der Waals surface area (Å²) < 4.78 is 2.21. The van der Waals surface area contributed by atoms with Crippen molar-refractivity contribution in [2.24, 2.45) is 5.92 Å². The van der Waals surface area contributed by atoms with Gasteiger partial charge in [-0.2, -0.15) is 0 Å². The van der Waals surface area contributed by atoms with Crippen LogP contribution in [0.2, 0.25) is 0 Å². The van der Waals surface area contributed by atoms with Gasteiger partial charge in [0.05, 0.1) is 5.69 Å². The first-order chi connectivity index (χ1) is 29.0. The van der Waals surface area contributed by atoms with Crippen molar-refractivity contribution in [3.05, 3.63) is 258 Å². The maximum Gasteiger partial charge on any atom is 0.144 e. The molecule has 2 aliphatic carbocycles. The summed E-state index contributed by atoms with van der Waals surface area (Å²) in [4.78, 5) is 5.12. The fourth-order valence-corrected chi connectivity index (χ4v) is 7.84. The van der Waals surface area contributed by atoms with Crippen LogP contribution in [0.4, 0.5) is 0 Å². The first-order valence-electron chi connectivity index (χ1n) is 20.7. The zero-order valence-electron chi connectivity index (χ0n) is 33.7. The van der Waals surface area contributed by atoms with E-state index in [0.29, 0.717) is 0 Å². The quantitative estimate of drug-likeness (QED) is 0.0897. The molecule has 59 heavy (non-hydrogen) atoms. The highest BCUT2D eigenvalue weighted by molar-refractivity contribution is 5.88. The molecule has 1 unspecified atom stereocenters. The molecule has 1 atom stereocenters. The monoisotopic (exact) mass is 762 g/mol. The van der Waals surface area contributed by atoms with Crippen LogP contribution in [-0.2, 0) is 6.42 Å². The lowest BCUT2D eigenvalue weighted by molar-refractivity contribution is 0.796. The maximum atomic E-state index is 5.12. The Morgan fingerprint density at radius 2 is 1.49 bits per heavy atom. The Kier molecular flexibility index (Phi) is 12.2. The molecule has 0 fully saturated rings. The molecule has 0 N–H and O–H groups in total. The van der Waals surface area contributed by atoms with Gasteiger partial charge >= 0.3 is 0 Å². The van der Waals surface area contributed by atoms with E-state index >= 15 is 0 Å². The molecule has 2 aliphatic rings. The third-order valence-electron chi connectivity index (χ3n) is 11.1. The van der Waals surface area contributed by atoms with E-state index in [1.54, 1.807) is 0 Å². The third-order valence-corrected chi connectivity index (χ3v) is 11.1. The van der Waals surface area contributed by atoms with E-state index in [0.717, 1.165) is 87.9 Å². The minimum Gasteiger partial charge on any atom is -0.300 e. The van der Waals surface area contributed by atoms with Crippen LogP contribution in [-0.4, -0.2) is 9.55 Å². The van der Waals surface area contributed by atoms with Gasteiger partial charge in [-0.15, -0.1) is 6.58 Å². The Balaban J connectivity index is 1.19. The van der Waals surface area contributed by atoms with Crippen molar-refractivity contribution >= 4 is 39.6 Å². The first-order valence-corrected chi connectivity index (χ1v) is 20.7. The van der Waals surface area contributed by atoms with Crippen LogP contribution in [0, 0.1) is 5.92 Å². The van der Waals surface area contributed by atoms with Crippen molar-refractivity contribution in [1.29, 1.82) is 0 Å². The molecule has 0 spiro atoms. The highest BCUT2D eigenvalue weighted by Crippen LogP contribution is 2.31. The average Bonchev–Trinajstić information content (AvgIpc) is 3.71. The maximum absolute atomic E-state index is 5.12. The van der Waals surface area contributed by atoms with Gasteiger partial charge in [-0.3, -0.25) is 4.57 Å². The number of nitrogens with zero attached hydrogens (tertiary/aromatic N) is 2. The smallest absolute Gasteiger partial charge is 0.144 e. The second-order valence-corrected chi connectivity index (χ2v) is 15.2. The molecule has 1 aromatic heterocycles. The summed E-state index contributed by atoms with van der Waals surface area (Å²) in [6.45, 7) is 13.0. The number of hydrogen-bond donors (Lipinski definition) is 0. The summed E-state index contributed by atoms with van der Waals surface area (Å²) >= 11 is 0. The predicted molar refractivity (Wildman–Crippen MR) is 253 cm³/mol. The Morgan fingerprint density at radius 3 is 2.31 bits per heavy atom. The number of imidazole rings is 1. The van der Waals surface area contributed by atoms with Gasteiger partial charge in [-0.1, -0.05) is 183 Å². The van der Waals surface area contributed by atoms with Gasteiger partial charge < -0.3 is 0 Å². The number of benzene rings is 5. The van der Waals surface area contributed by atoms with Crippen LogP contribution >= 0.6 is 0 Å². The van der Waals surface area contributed by atoms with Gasteiger partial charge in [0.15, 0.2) is 0 Å². The van der Waals surface area contributed by atoms with Crippen molar-refractivity contribution < 1.29 is 0 Å². The van der Waals surface area contributed by atoms with E-state index in [4.69, 9.17) is 4.98 Å². The molecule has 0 bridgehead atoms. The van der Waals surface area contributed by atoms with E-state index in [9.17, 15) is 0 Å². The zero-order chi connectivity index (χ0) is 40.4.